The number of fused-ring (bicyclic) bond motifs is 1. The third-order valence-electron chi connectivity index (χ3n) is 5.01. The summed E-state index contributed by atoms with van der Waals surface area (Å²) in [5, 5.41) is 0.704. The summed E-state index contributed by atoms with van der Waals surface area (Å²) in [6.07, 6.45) is 1.48. The van der Waals surface area contributed by atoms with Gasteiger partial charge in [-0.15, -0.1) is 0 Å². The van der Waals surface area contributed by atoms with Gasteiger partial charge >= 0.3 is 0 Å². The number of hydrogen-bond donors (Lipinski definition) is 2. The molecule has 1 heterocycles. The van der Waals surface area contributed by atoms with Crippen LogP contribution in [0.15, 0.2) is 42.5 Å². The fourth-order valence-corrected chi connectivity index (χ4v) is 4.84. The zero-order chi connectivity index (χ0) is 19.2. The highest BCUT2D eigenvalue weighted by molar-refractivity contribution is 7.93. The molecule has 7 heteroatoms. The van der Waals surface area contributed by atoms with E-state index in [4.69, 9.17) is 10.5 Å². The second-order valence-corrected chi connectivity index (χ2v) is 8.77. The van der Waals surface area contributed by atoms with Crippen molar-refractivity contribution in [1.29, 1.82) is 0 Å². The van der Waals surface area contributed by atoms with Crippen molar-refractivity contribution in [1.82, 2.24) is 4.57 Å². The second kappa shape index (κ2) is 6.49. The Labute approximate surface area is 159 Å². The third kappa shape index (κ3) is 3.12. The largest absolute Gasteiger partial charge is 0.497 e. The van der Waals surface area contributed by atoms with Crippen LogP contribution in [-0.2, 0) is 16.6 Å². The predicted molar refractivity (Wildman–Crippen MR) is 110 cm³/mol. The minimum atomic E-state index is -3.26. The SMILES string of the molecule is CCn1c(-c2ccc(NS(=O)(=O)C3CC3)cc2)c(N)c2cc(OC)ccc21. The quantitative estimate of drug-likeness (QED) is 0.675. The molecule has 0 saturated heterocycles. The number of benzene rings is 2. The van der Waals surface area contributed by atoms with Gasteiger partial charge in [0, 0.05) is 23.2 Å². The Kier molecular flexibility index (Phi) is 4.26. The summed E-state index contributed by atoms with van der Waals surface area (Å²) in [5.41, 5.74) is 10.7. The van der Waals surface area contributed by atoms with E-state index in [1.165, 1.54) is 0 Å². The maximum Gasteiger partial charge on any atom is 0.235 e. The van der Waals surface area contributed by atoms with Crippen molar-refractivity contribution in [2.75, 3.05) is 17.6 Å². The molecule has 1 aromatic heterocycles. The molecule has 0 spiro atoms. The van der Waals surface area contributed by atoms with Crippen LogP contribution in [0.1, 0.15) is 19.8 Å². The number of nitrogens with zero attached hydrogens (tertiary/aromatic N) is 1. The van der Waals surface area contributed by atoms with Gasteiger partial charge in [0.25, 0.3) is 0 Å². The van der Waals surface area contributed by atoms with Gasteiger partial charge < -0.3 is 15.0 Å². The van der Waals surface area contributed by atoms with E-state index >= 15 is 0 Å². The Bertz CT molecular complexity index is 1100. The second-order valence-electron chi connectivity index (χ2n) is 6.81. The number of sulfonamides is 1. The number of hydrogen-bond acceptors (Lipinski definition) is 4. The van der Waals surface area contributed by atoms with Gasteiger partial charge in [0.05, 0.1) is 29.3 Å². The third-order valence-corrected chi connectivity index (χ3v) is 6.88. The number of nitrogens with one attached hydrogen (secondary N) is 1. The Hall–Kier alpha value is -2.67. The Morgan fingerprint density at radius 2 is 1.89 bits per heavy atom. The van der Waals surface area contributed by atoms with Crippen LogP contribution in [-0.4, -0.2) is 25.3 Å². The zero-order valence-electron chi connectivity index (χ0n) is 15.4. The lowest BCUT2D eigenvalue weighted by Gasteiger charge is -2.11. The summed E-state index contributed by atoms with van der Waals surface area (Å²) in [7, 11) is -1.63. The monoisotopic (exact) mass is 385 g/mol. The summed E-state index contributed by atoms with van der Waals surface area (Å²) in [5.74, 6) is 0.763. The van der Waals surface area contributed by atoms with E-state index in [1.54, 1.807) is 19.2 Å². The molecule has 0 unspecified atom stereocenters. The average Bonchev–Trinajstić information content (AvgIpc) is 3.48. The van der Waals surface area contributed by atoms with Crippen molar-refractivity contribution in [3.63, 3.8) is 0 Å². The van der Waals surface area contributed by atoms with Gasteiger partial charge in [-0.05, 0) is 50.1 Å². The summed E-state index contributed by atoms with van der Waals surface area (Å²) >= 11 is 0. The van der Waals surface area contributed by atoms with Gasteiger partial charge in [0.2, 0.25) is 10.0 Å². The first kappa shape index (κ1) is 17.7. The van der Waals surface area contributed by atoms with Crippen LogP contribution in [0.4, 0.5) is 11.4 Å². The van der Waals surface area contributed by atoms with Gasteiger partial charge in [0.1, 0.15) is 5.75 Å². The summed E-state index contributed by atoms with van der Waals surface area (Å²) < 4.78 is 34.3. The first-order chi connectivity index (χ1) is 12.9. The molecule has 0 aliphatic heterocycles. The zero-order valence-corrected chi connectivity index (χ0v) is 16.2. The van der Waals surface area contributed by atoms with Crippen LogP contribution < -0.4 is 15.2 Å². The van der Waals surface area contributed by atoms with Crippen molar-refractivity contribution < 1.29 is 13.2 Å². The molecule has 3 aromatic rings. The minimum Gasteiger partial charge on any atom is -0.497 e. The molecular formula is C20H23N3O3S. The van der Waals surface area contributed by atoms with Crippen LogP contribution >= 0.6 is 0 Å². The Balaban J connectivity index is 1.74. The van der Waals surface area contributed by atoms with Gasteiger partial charge in [-0.3, -0.25) is 4.72 Å². The lowest BCUT2D eigenvalue weighted by Crippen LogP contribution is -2.17. The van der Waals surface area contributed by atoms with E-state index in [9.17, 15) is 8.42 Å². The van der Waals surface area contributed by atoms with Crippen molar-refractivity contribution >= 4 is 32.3 Å². The highest BCUT2D eigenvalue weighted by Crippen LogP contribution is 2.38. The molecule has 27 heavy (non-hydrogen) atoms. The fourth-order valence-electron chi connectivity index (χ4n) is 3.45. The number of nitrogens with two attached hydrogens (primary N) is 1. The van der Waals surface area contributed by atoms with Crippen molar-refractivity contribution in [3.8, 4) is 17.0 Å². The molecule has 2 aromatic carbocycles. The van der Waals surface area contributed by atoms with Gasteiger partial charge in [-0.1, -0.05) is 12.1 Å². The van der Waals surface area contributed by atoms with E-state index in [0.29, 0.717) is 11.4 Å². The highest BCUT2D eigenvalue weighted by atomic mass is 32.2. The first-order valence-electron chi connectivity index (χ1n) is 9.02. The number of rotatable bonds is 6. The van der Waals surface area contributed by atoms with E-state index < -0.39 is 10.0 Å². The standard InChI is InChI=1S/C20H23N3O3S/c1-3-23-18-11-8-15(26-2)12-17(18)19(21)20(23)13-4-6-14(7-5-13)22-27(24,25)16-9-10-16/h4-8,11-12,16,22H,3,9-10,21H2,1-2H3. The highest BCUT2D eigenvalue weighted by Gasteiger charge is 2.35. The predicted octanol–water partition coefficient (Wildman–Crippen LogP) is 3.82. The molecule has 0 bridgehead atoms. The van der Waals surface area contributed by atoms with E-state index in [1.807, 2.05) is 30.3 Å². The Morgan fingerprint density at radius 3 is 2.48 bits per heavy atom. The maximum atomic E-state index is 12.1. The van der Waals surface area contributed by atoms with Crippen LogP contribution in [0, 0.1) is 0 Å². The van der Waals surface area contributed by atoms with Crippen molar-refractivity contribution in [3.05, 3.63) is 42.5 Å². The smallest absolute Gasteiger partial charge is 0.235 e. The van der Waals surface area contributed by atoms with E-state index in [2.05, 4.69) is 16.2 Å². The molecule has 3 N–H and O–H groups in total. The normalized spacial score (nSPS) is 14.4. The summed E-state index contributed by atoms with van der Waals surface area (Å²) in [4.78, 5) is 0. The van der Waals surface area contributed by atoms with Crippen molar-refractivity contribution in [2.24, 2.45) is 0 Å². The van der Waals surface area contributed by atoms with Crippen LogP contribution in [0.25, 0.3) is 22.2 Å². The molecule has 142 valence electrons. The molecule has 1 saturated carbocycles. The molecular weight excluding hydrogens is 362 g/mol. The number of anilines is 2. The number of nitrogen functional groups attached to an aromatic ring is 1. The fraction of sp³-hybridized carbons (Fsp3) is 0.300. The van der Waals surface area contributed by atoms with E-state index in [-0.39, 0.29) is 5.25 Å². The summed E-state index contributed by atoms with van der Waals surface area (Å²) in [6, 6.07) is 13.2. The molecule has 1 fully saturated rings. The average molecular weight is 385 g/mol. The van der Waals surface area contributed by atoms with Crippen LogP contribution in [0.5, 0.6) is 5.75 Å². The molecule has 4 rings (SSSR count). The van der Waals surface area contributed by atoms with Crippen LogP contribution in [0.3, 0.4) is 0 Å². The Morgan fingerprint density at radius 1 is 1.19 bits per heavy atom. The molecule has 1 aliphatic carbocycles. The summed E-state index contributed by atoms with van der Waals surface area (Å²) in [6.45, 7) is 2.84. The van der Waals surface area contributed by atoms with Gasteiger partial charge in [-0.2, -0.15) is 0 Å². The topological polar surface area (TPSA) is 86.4 Å². The number of aryl methyl sites for hydroxylation is 1. The van der Waals surface area contributed by atoms with E-state index in [0.717, 1.165) is 47.3 Å². The number of aromatic nitrogens is 1. The van der Waals surface area contributed by atoms with Crippen LogP contribution in [0.2, 0.25) is 0 Å². The lowest BCUT2D eigenvalue weighted by atomic mass is 10.1. The molecule has 0 atom stereocenters. The van der Waals surface area contributed by atoms with Crippen molar-refractivity contribution in [2.45, 2.75) is 31.6 Å². The van der Waals surface area contributed by atoms with Gasteiger partial charge in [-0.25, -0.2) is 8.42 Å². The minimum absolute atomic E-state index is 0.245. The number of ether oxygens (including phenoxy) is 1. The lowest BCUT2D eigenvalue weighted by molar-refractivity contribution is 0.415. The number of methoxy groups -OCH3 is 1. The molecule has 1 aliphatic rings. The molecule has 0 amide bonds. The maximum absolute atomic E-state index is 12.1. The molecule has 0 radical (unpaired) electrons. The molecule has 6 nitrogen and oxygen atoms in total. The first-order valence-corrected chi connectivity index (χ1v) is 10.6. The van der Waals surface area contributed by atoms with Gasteiger partial charge in [0.15, 0.2) is 0 Å².